The maximum Gasteiger partial charge on any atom is 0.223 e. The molecular weight excluding hydrogens is 649 g/mol. The van der Waals surface area contributed by atoms with Gasteiger partial charge >= 0.3 is 0 Å². The van der Waals surface area contributed by atoms with Crippen LogP contribution >= 0.6 is 11.3 Å². The molecule has 51 heavy (non-hydrogen) atoms. The van der Waals surface area contributed by atoms with E-state index in [-0.39, 0.29) is 6.04 Å². The Morgan fingerprint density at radius 3 is 2.12 bits per heavy atom. The molecule has 7 heteroatoms. The van der Waals surface area contributed by atoms with Gasteiger partial charge in [-0.3, -0.25) is 4.99 Å². The molecule has 1 aliphatic carbocycles. The van der Waals surface area contributed by atoms with Gasteiger partial charge in [-0.25, -0.2) is 9.97 Å². The topological polar surface area (TPSA) is 76.5 Å². The first-order valence-electron chi connectivity index (χ1n) is 17.1. The summed E-state index contributed by atoms with van der Waals surface area (Å²) in [5.41, 5.74) is 11.2. The summed E-state index contributed by atoms with van der Waals surface area (Å²) in [5, 5.41) is 5.81. The van der Waals surface area contributed by atoms with Crippen LogP contribution in [0.2, 0.25) is 0 Å². The number of allylic oxidation sites excluding steroid dienone is 3. The van der Waals surface area contributed by atoms with E-state index in [2.05, 4.69) is 102 Å². The number of amidine groups is 1. The number of aliphatic imine (C=N–C) groups is 1. The minimum absolute atomic E-state index is 0.168. The van der Waals surface area contributed by atoms with E-state index in [9.17, 15) is 0 Å². The van der Waals surface area contributed by atoms with Crippen molar-refractivity contribution in [3.05, 3.63) is 168 Å². The molecule has 2 aliphatic rings. The minimum atomic E-state index is -0.168. The molecule has 244 valence electrons. The lowest BCUT2D eigenvalue weighted by molar-refractivity contribution is 0.580. The second-order valence-corrected chi connectivity index (χ2v) is 13.9. The second kappa shape index (κ2) is 12.2. The molecule has 0 saturated heterocycles. The molecule has 4 heterocycles. The van der Waals surface area contributed by atoms with Crippen LogP contribution in [0.3, 0.4) is 0 Å². The van der Waals surface area contributed by atoms with Gasteiger partial charge in [0, 0.05) is 27.8 Å². The molecule has 0 saturated carbocycles. The lowest BCUT2D eigenvalue weighted by Crippen LogP contribution is -2.29. The molecule has 0 amide bonds. The standard InChI is InChI=1S/C44H30N4O2S/c1-4-10-38-33(7-1)25-40(49-38)29-17-13-27(14-18-29)36-26-37(28-15-23-32(24-16-28)44-48-35-9-3-6-12-41(35)51-44)46-42(45-36)30-19-21-31(22-20-30)43-47-34-8-2-5-11-39(34)50-43/h1-19,21,23-26,37H,20,22H2,(H,45,46). The number of fused-ring (bicyclic) bond motifs is 3. The summed E-state index contributed by atoms with van der Waals surface area (Å²) in [6.45, 7) is 0. The predicted molar refractivity (Wildman–Crippen MR) is 207 cm³/mol. The maximum atomic E-state index is 6.15. The summed E-state index contributed by atoms with van der Waals surface area (Å²) >= 11 is 1.72. The molecule has 1 unspecified atom stereocenters. The van der Waals surface area contributed by atoms with Gasteiger partial charge in [0.1, 0.15) is 27.7 Å². The van der Waals surface area contributed by atoms with Crippen LogP contribution in [0.5, 0.6) is 0 Å². The van der Waals surface area contributed by atoms with Gasteiger partial charge in [-0.1, -0.05) is 103 Å². The Kier molecular flexibility index (Phi) is 7.10. The fourth-order valence-corrected chi connectivity index (χ4v) is 7.79. The molecule has 0 spiro atoms. The fourth-order valence-electron chi connectivity index (χ4n) is 6.82. The SMILES string of the molecule is C1=C(C2=NC(c3ccc(-c4nc5ccccc5s4)cc3)C=C(c3ccc(-c4cc5ccccc5o4)cc3)N2)CCC(c2nc3ccccc3o2)=C1. The third-order valence-electron chi connectivity index (χ3n) is 9.57. The molecule has 0 fully saturated rings. The van der Waals surface area contributed by atoms with Crippen LogP contribution in [0, 0.1) is 0 Å². The zero-order valence-corrected chi connectivity index (χ0v) is 28.2. The Hall–Kier alpha value is -6.31. The van der Waals surface area contributed by atoms with Crippen LogP contribution in [0.15, 0.2) is 165 Å². The fraction of sp³-hybridized carbons (Fsp3) is 0.0682. The molecule has 5 aromatic carbocycles. The summed E-state index contributed by atoms with van der Waals surface area (Å²) in [7, 11) is 0. The molecule has 0 bridgehead atoms. The summed E-state index contributed by atoms with van der Waals surface area (Å²) in [6, 6.07) is 43.4. The van der Waals surface area contributed by atoms with E-state index in [0.717, 1.165) is 96.1 Å². The molecule has 1 atom stereocenters. The van der Waals surface area contributed by atoms with Crippen molar-refractivity contribution in [1.29, 1.82) is 0 Å². The van der Waals surface area contributed by atoms with Crippen LogP contribution in [-0.4, -0.2) is 15.8 Å². The van der Waals surface area contributed by atoms with Crippen LogP contribution in [0.25, 0.3) is 65.5 Å². The predicted octanol–water partition coefficient (Wildman–Crippen LogP) is 11.4. The molecular formula is C44H30N4O2S. The van der Waals surface area contributed by atoms with E-state index >= 15 is 0 Å². The summed E-state index contributed by atoms with van der Waals surface area (Å²) in [6.07, 6.45) is 8.12. The van der Waals surface area contributed by atoms with Gasteiger partial charge in [-0.15, -0.1) is 11.3 Å². The highest BCUT2D eigenvalue weighted by atomic mass is 32.1. The highest BCUT2D eigenvalue weighted by Gasteiger charge is 2.23. The second-order valence-electron chi connectivity index (χ2n) is 12.8. The lowest BCUT2D eigenvalue weighted by Gasteiger charge is -2.25. The number of hydrogen-bond acceptors (Lipinski definition) is 7. The van der Waals surface area contributed by atoms with Gasteiger partial charge in [0.15, 0.2) is 5.58 Å². The quantitative estimate of drug-likeness (QED) is 0.189. The average Bonchev–Trinajstić information content (AvgIpc) is 3.95. The van der Waals surface area contributed by atoms with E-state index in [4.69, 9.17) is 23.8 Å². The van der Waals surface area contributed by atoms with Crippen molar-refractivity contribution >= 4 is 60.7 Å². The van der Waals surface area contributed by atoms with Crippen LogP contribution in [-0.2, 0) is 0 Å². The molecule has 10 rings (SSSR count). The van der Waals surface area contributed by atoms with E-state index in [1.165, 1.54) is 4.70 Å². The Bertz CT molecular complexity index is 2620. The maximum absolute atomic E-state index is 6.15. The third kappa shape index (κ3) is 5.58. The van der Waals surface area contributed by atoms with E-state index < -0.39 is 0 Å². The molecule has 0 radical (unpaired) electrons. The summed E-state index contributed by atoms with van der Waals surface area (Å²) in [5.74, 6) is 2.42. The highest BCUT2D eigenvalue weighted by molar-refractivity contribution is 7.21. The summed E-state index contributed by atoms with van der Waals surface area (Å²) in [4.78, 5) is 14.9. The van der Waals surface area contributed by atoms with Crippen LogP contribution in [0.1, 0.15) is 35.9 Å². The van der Waals surface area contributed by atoms with Gasteiger partial charge < -0.3 is 14.2 Å². The van der Waals surface area contributed by atoms with E-state index in [0.29, 0.717) is 5.89 Å². The minimum Gasteiger partial charge on any atom is -0.456 e. The van der Waals surface area contributed by atoms with E-state index in [1.54, 1.807) is 11.3 Å². The van der Waals surface area contributed by atoms with Crippen LogP contribution in [0.4, 0.5) is 0 Å². The Morgan fingerprint density at radius 1 is 0.627 bits per heavy atom. The number of thiazole rings is 1. The number of benzene rings is 5. The number of nitrogens with one attached hydrogen (secondary N) is 1. The van der Waals surface area contributed by atoms with Gasteiger partial charge in [0.2, 0.25) is 5.89 Å². The Balaban J connectivity index is 0.983. The monoisotopic (exact) mass is 678 g/mol. The van der Waals surface area contributed by atoms with Crippen molar-refractivity contribution in [3.8, 4) is 21.9 Å². The molecule has 6 nitrogen and oxygen atoms in total. The van der Waals surface area contributed by atoms with Crippen molar-refractivity contribution < 1.29 is 8.83 Å². The zero-order valence-electron chi connectivity index (χ0n) is 27.4. The first-order valence-corrected chi connectivity index (χ1v) is 17.9. The van der Waals surface area contributed by atoms with Crippen molar-refractivity contribution in [3.63, 3.8) is 0 Å². The molecule has 1 aliphatic heterocycles. The normalized spacial score (nSPS) is 16.1. The smallest absolute Gasteiger partial charge is 0.223 e. The average molecular weight is 679 g/mol. The molecule has 3 aromatic heterocycles. The molecule has 8 aromatic rings. The van der Waals surface area contributed by atoms with Gasteiger partial charge in [0.25, 0.3) is 0 Å². The Labute approximate surface area is 297 Å². The van der Waals surface area contributed by atoms with Crippen molar-refractivity contribution in [2.75, 3.05) is 0 Å². The van der Waals surface area contributed by atoms with Gasteiger partial charge in [-0.2, -0.15) is 0 Å². The first kappa shape index (κ1) is 29.6. The molecule has 1 N–H and O–H groups in total. The third-order valence-corrected chi connectivity index (χ3v) is 10.7. The van der Waals surface area contributed by atoms with Gasteiger partial charge in [-0.05, 0) is 72.0 Å². The van der Waals surface area contributed by atoms with Crippen LogP contribution < -0.4 is 5.32 Å². The highest BCUT2D eigenvalue weighted by Crippen LogP contribution is 2.36. The number of para-hydroxylation sites is 4. The van der Waals surface area contributed by atoms with E-state index in [1.807, 2.05) is 48.5 Å². The zero-order chi connectivity index (χ0) is 33.7. The number of rotatable bonds is 6. The Morgan fingerprint density at radius 2 is 1.33 bits per heavy atom. The van der Waals surface area contributed by atoms with Gasteiger partial charge in [0.05, 0.1) is 16.3 Å². The van der Waals surface area contributed by atoms with Crippen molar-refractivity contribution in [2.45, 2.75) is 18.9 Å². The number of oxazole rings is 1. The van der Waals surface area contributed by atoms with Crippen molar-refractivity contribution in [2.24, 2.45) is 4.99 Å². The largest absolute Gasteiger partial charge is 0.456 e. The lowest BCUT2D eigenvalue weighted by atomic mass is 9.95. The number of hydrogen-bond donors (Lipinski definition) is 1. The number of nitrogens with zero attached hydrogens (tertiary/aromatic N) is 3. The van der Waals surface area contributed by atoms with Crippen molar-refractivity contribution in [1.82, 2.24) is 15.3 Å². The summed E-state index contributed by atoms with van der Waals surface area (Å²) < 4.78 is 13.4. The number of furan rings is 1. The first-order chi connectivity index (χ1) is 25.2. The number of aromatic nitrogens is 2.